The molecule has 1 aliphatic rings. The molecule has 1 heterocycles. The first-order chi connectivity index (χ1) is 11.0. The van der Waals surface area contributed by atoms with Crippen molar-refractivity contribution in [1.82, 2.24) is 10.2 Å². The maximum Gasteiger partial charge on any atom is 0.312 e. The molecule has 0 aromatic heterocycles. The monoisotopic (exact) mass is 321 g/mol. The number of carbonyl (C=O) groups is 2. The number of urea groups is 1. The summed E-state index contributed by atoms with van der Waals surface area (Å²) in [6.45, 7) is 2.66. The van der Waals surface area contributed by atoms with Gasteiger partial charge < -0.3 is 25.4 Å². The molecule has 1 aromatic carbocycles. The molecule has 1 aromatic rings. The molecule has 0 aliphatic carbocycles. The number of likely N-dealkylation sites (N-methyl/N-ethyl adjacent to an activating group) is 1. The second-order valence-corrected chi connectivity index (χ2v) is 5.59. The average Bonchev–Trinajstić information content (AvgIpc) is 2.97. The Hall–Kier alpha value is -2.44. The number of ether oxygens (including phenoxy) is 2. The summed E-state index contributed by atoms with van der Waals surface area (Å²) in [5.41, 5.74) is 6.09. The van der Waals surface area contributed by atoms with Crippen LogP contribution in [0, 0.1) is 0 Å². The molecule has 7 heteroatoms. The molecule has 1 atom stereocenters. The number of unbranched alkanes of at least 4 members (excludes halogenated alkanes) is 1. The number of benzene rings is 1. The van der Waals surface area contributed by atoms with Gasteiger partial charge in [0.2, 0.25) is 12.7 Å². The Morgan fingerprint density at radius 1 is 1.35 bits per heavy atom. The first-order valence-electron chi connectivity index (χ1n) is 7.70. The van der Waals surface area contributed by atoms with Crippen LogP contribution >= 0.6 is 0 Å². The summed E-state index contributed by atoms with van der Waals surface area (Å²) in [5.74, 6) is 1.23. The van der Waals surface area contributed by atoms with E-state index in [1.165, 1.54) is 0 Å². The molecule has 3 N–H and O–H groups in total. The Labute approximate surface area is 135 Å². The molecule has 126 valence electrons. The standard InChI is InChI=1S/C16H23N3O4/c1-3-4-5-12(18-16(17)21)15(20)19(2)9-11-6-7-13-14(8-11)23-10-22-13/h6-8,12H,3-5,9-10H2,1-2H3,(H3,17,18,21). The number of fused-ring (bicyclic) bond motifs is 1. The van der Waals surface area contributed by atoms with Crippen molar-refractivity contribution in [2.75, 3.05) is 13.8 Å². The van der Waals surface area contributed by atoms with E-state index in [1.54, 1.807) is 11.9 Å². The molecule has 23 heavy (non-hydrogen) atoms. The Morgan fingerprint density at radius 3 is 2.78 bits per heavy atom. The van der Waals surface area contributed by atoms with Crippen LogP contribution in [0.1, 0.15) is 31.7 Å². The topological polar surface area (TPSA) is 93.9 Å². The van der Waals surface area contributed by atoms with Gasteiger partial charge in [0.15, 0.2) is 11.5 Å². The zero-order chi connectivity index (χ0) is 16.8. The van der Waals surface area contributed by atoms with E-state index < -0.39 is 12.1 Å². The molecular weight excluding hydrogens is 298 g/mol. The van der Waals surface area contributed by atoms with Gasteiger partial charge in [-0.2, -0.15) is 0 Å². The van der Waals surface area contributed by atoms with Gasteiger partial charge in [-0.05, 0) is 24.1 Å². The fourth-order valence-corrected chi connectivity index (χ4v) is 2.49. The molecule has 7 nitrogen and oxygen atoms in total. The third kappa shape index (κ3) is 4.51. The number of rotatable bonds is 7. The molecular formula is C16H23N3O4. The maximum absolute atomic E-state index is 12.5. The lowest BCUT2D eigenvalue weighted by Gasteiger charge is -2.24. The molecule has 0 bridgehead atoms. The zero-order valence-electron chi connectivity index (χ0n) is 13.5. The van der Waals surface area contributed by atoms with E-state index in [4.69, 9.17) is 15.2 Å². The van der Waals surface area contributed by atoms with Gasteiger partial charge in [0.1, 0.15) is 6.04 Å². The highest BCUT2D eigenvalue weighted by atomic mass is 16.7. The Balaban J connectivity index is 2.00. The van der Waals surface area contributed by atoms with Gasteiger partial charge in [0, 0.05) is 13.6 Å². The minimum atomic E-state index is -0.684. The van der Waals surface area contributed by atoms with Gasteiger partial charge in [0.25, 0.3) is 0 Å². The van der Waals surface area contributed by atoms with Crippen LogP contribution in [0.15, 0.2) is 18.2 Å². The third-order valence-corrected chi connectivity index (χ3v) is 3.69. The zero-order valence-corrected chi connectivity index (χ0v) is 13.5. The van der Waals surface area contributed by atoms with Gasteiger partial charge in [-0.25, -0.2) is 4.79 Å². The van der Waals surface area contributed by atoms with E-state index >= 15 is 0 Å². The first kappa shape index (κ1) is 16.9. The van der Waals surface area contributed by atoms with Crippen molar-refractivity contribution in [1.29, 1.82) is 0 Å². The van der Waals surface area contributed by atoms with Gasteiger partial charge >= 0.3 is 6.03 Å². The fraction of sp³-hybridized carbons (Fsp3) is 0.500. The average molecular weight is 321 g/mol. The van der Waals surface area contributed by atoms with E-state index in [-0.39, 0.29) is 12.7 Å². The number of hydrogen-bond acceptors (Lipinski definition) is 4. The van der Waals surface area contributed by atoms with Crippen LogP contribution in [0.5, 0.6) is 11.5 Å². The van der Waals surface area contributed by atoms with E-state index in [0.717, 1.165) is 18.4 Å². The van der Waals surface area contributed by atoms with Crippen LogP contribution in [-0.4, -0.2) is 36.7 Å². The van der Waals surface area contributed by atoms with Crippen LogP contribution < -0.4 is 20.5 Å². The maximum atomic E-state index is 12.5. The van der Waals surface area contributed by atoms with Crippen molar-refractivity contribution in [3.8, 4) is 11.5 Å². The van der Waals surface area contributed by atoms with E-state index in [0.29, 0.717) is 24.5 Å². The highest BCUT2D eigenvalue weighted by molar-refractivity contribution is 5.86. The van der Waals surface area contributed by atoms with Crippen LogP contribution in [-0.2, 0) is 11.3 Å². The number of nitrogens with one attached hydrogen (secondary N) is 1. The SMILES string of the molecule is CCCCC(NC(N)=O)C(=O)N(C)Cc1ccc2c(c1)OCO2. The second kappa shape index (κ2) is 7.71. The fourth-order valence-electron chi connectivity index (χ4n) is 2.49. The van der Waals surface area contributed by atoms with Crippen LogP contribution in [0.25, 0.3) is 0 Å². The lowest BCUT2D eigenvalue weighted by atomic mass is 10.1. The van der Waals surface area contributed by atoms with E-state index in [2.05, 4.69) is 5.32 Å². The summed E-state index contributed by atoms with van der Waals surface area (Å²) in [6.07, 6.45) is 2.36. The number of amides is 3. The lowest BCUT2D eigenvalue weighted by Crippen LogP contribution is -2.48. The number of nitrogens with two attached hydrogens (primary N) is 1. The largest absolute Gasteiger partial charge is 0.454 e. The molecule has 2 rings (SSSR count). The molecule has 1 aliphatic heterocycles. The highest BCUT2D eigenvalue weighted by Gasteiger charge is 2.23. The molecule has 3 amide bonds. The Morgan fingerprint density at radius 2 is 2.09 bits per heavy atom. The van der Waals surface area contributed by atoms with Gasteiger partial charge in [0.05, 0.1) is 0 Å². The number of primary amides is 1. The van der Waals surface area contributed by atoms with Crippen LogP contribution in [0.3, 0.4) is 0 Å². The number of hydrogen-bond donors (Lipinski definition) is 2. The van der Waals surface area contributed by atoms with Crippen molar-refractivity contribution in [2.24, 2.45) is 5.73 Å². The van der Waals surface area contributed by atoms with E-state index in [9.17, 15) is 9.59 Å². The molecule has 0 fully saturated rings. The Kier molecular flexibility index (Phi) is 5.67. The minimum Gasteiger partial charge on any atom is -0.454 e. The molecule has 0 saturated carbocycles. The summed E-state index contributed by atoms with van der Waals surface area (Å²) in [6, 6.07) is 4.29. The highest BCUT2D eigenvalue weighted by Crippen LogP contribution is 2.32. The van der Waals surface area contributed by atoms with Crippen molar-refractivity contribution in [2.45, 2.75) is 38.8 Å². The summed E-state index contributed by atoms with van der Waals surface area (Å²) in [4.78, 5) is 25.2. The quantitative estimate of drug-likeness (QED) is 0.797. The predicted octanol–water partition coefficient (Wildman–Crippen LogP) is 1.60. The molecule has 1 unspecified atom stereocenters. The lowest BCUT2D eigenvalue weighted by molar-refractivity contribution is -0.132. The summed E-state index contributed by atoms with van der Waals surface area (Å²) in [5, 5.41) is 2.53. The van der Waals surface area contributed by atoms with Crippen molar-refractivity contribution in [3.05, 3.63) is 23.8 Å². The Bertz CT molecular complexity index is 576. The predicted molar refractivity (Wildman–Crippen MR) is 85.1 cm³/mol. The van der Waals surface area contributed by atoms with Gasteiger partial charge in [-0.15, -0.1) is 0 Å². The second-order valence-electron chi connectivity index (χ2n) is 5.59. The van der Waals surface area contributed by atoms with Crippen LogP contribution in [0.4, 0.5) is 4.79 Å². The van der Waals surface area contributed by atoms with Crippen molar-refractivity contribution < 1.29 is 19.1 Å². The first-order valence-corrected chi connectivity index (χ1v) is 7.70. The van der Waals surface area contributed by atoms with Crippen molar-refractivity contribution in [3.63, 3.8) is 0 Å². The summed E-state index contributed by atoms with van der Waals surface area (Å²) in [7, 11) is 1.70. The molecule has 0 saturated heterocycles. The molecule has 0 radical (unpaired) electrons. The van der Waals surface area contributed by atoms with Gasteiger partial charge in [-0.1, -0.05) is 25.8 Å². The molecule has 0 spiro atoms. The minimum absolute atomic E-state index is 0.157. The van der Waals surface area contributed by atoms with Gasteiger partial charge in [-0.3, -0.25) is 4.79 Å². The smallest absolute Gasteiger partial charge is 0.312 e. The number of carbonyl (C=O) groups excluding carboxylic acids is 2. The third-order valence-electron chi connectivity index (χ3n) is 3.69. The number of nitrogens with zero attached hydrogens (tertiary/aromatic N) is 1. The van der Waals surface area contributed by atoms with Crippen molar-refractivity contribution >= 4 is 11.9 Å². The van der Waals surface area contributed by atoms with Crippen LogP contribution in [0.2, 0.25) is 0 Å². The van der Waals surface area contributed by atoms with E-state index in [1.807, 2.05) is 25.1 Å². The summed E-state index contributed by atoms with van der Waals surface area (Å²) >= 11 is 0. The summed E-state index contributed by atoms with van der Waals surface area (Å²) < 4.78 is 10.6. The normalized spacial score (nSPS) is 13.5.